The van der Waals surface area contributed by atoms with E-state index in [0.717, 1.165) is 28.7 Å². The molecule has 2 heterocycles. The minimum atomic E-state index is 0.460. The number of para-hydroxylation sites is 1. The number of furan rings is 1. The second-order valence-electron chi connectivity index (χ2n) is 4.04. The number of hydrogen-bond acceptors (Lipinski definition) is 4. The van der Waals surface area contributed by atoms with Gasteiger partial charge in [0.15, 0.2) is 0 Å². The molecular weight excluding hydrogens is 260 g/mol. The Morgan fingerprint density at radius 2 is 2.32 bits per heavy atom. The number of nitrogens with zero attached hydrogens (tertiary/aromatic N) is 3. The fourth-order valence-electron chi connectivity index (χ4n) is 1.96. The highest BCUT2D eigenvalue weighted by atomic mass is 32.1. The van der Waals surface area contributed by atoms with Gasteiger partial charge >= 0.3 is 0 Å². The molecule has 1 aromatic carbocycles. The van der Waals surface area contributed by atoms with Crippen LogP contribution in [0.15, 0.2) is 40.1 Å². The Balaban J connectivity index is 2.11. The van der Waals surface area contributed by atoms with Crippen molar-refractivity contribution in [3.8, 4) is 0 Å². The van der Waals surface area contributed by atoms with Crippen molar-refractivity contribution in [1.29, 1.82) is 0 Å². The predicted octanol–water partition coefficient (Wildman–Crippen LogP) is 3.13. The third kappa shape index (κ3) is 2.10. The molecule has 0 unspecified atom stereocenters. The summed E-state index contributed by atoms with van der Waals surface area (Å²) in [6, 6.07) is 7.92. The molecule has 2 aromatic heterocycles. The number of aryl methyl sites for hydroxylation is 1. The van der Waals surface area contributed by atoms with E-state index in [1.54, 1.807) is 6.21 Å². The molecule has 0 radical (unpaired) electrons. The average molecular weight is 272 g/mol. The molecule has 0 bridgehead atoms. The highest BCUT2D eigenvalue weighted by molar-refractivity contribution is 7.71. The molecule has 0 spiro atoms. The maximum Gasteiger partial charge on any atom is 0.216 e. The first kappa shape index (κ1) is 11.9. The van der Waals surface area contributed by atoms with E-state index in [1.165, 1.54) is 11.0 Å². The van der Waals surface area contributed by atoms with Crippen molar-refractivity contribution in [2.45, 2.75) is 13.3 Å². The van der Waals surface area contributed by atoms with E-state index in [4.69, 9.17) is 16.6 Å². The summed E-state index contributed by atoms with van der Waals surface area (Å²) in [6.07, 6.45) is 4.11. The van der Waals surface area contributed by atoms with Gasteiger partial charge in [-0.05, 0) is 18.3 Å². The van der Waals surface area contributed by atoms with Crippen LogP contribution in [-0.4, -0.2) is 21.1 Å². The molecule has 0 fully saturated rings. The zero-order chi connectivity index (χ0) is 13.2. The van der Waals surface area contributed by atoms with Crippen LogP contribution < -0.4 is 0 Å². The lowest BCUT2D eigenvalue weighted by molar-refractivity contribution is 0.556. The minimum absolute atomic E-state index is 0.460. The molecule has 6 heteroatoms. The fourth-order valence-corrected chi connectivity index (χ4v) is 2.11. The molecule has 96 valence electrons. The highest BCUT2D eigenvalue weighted by Crippen LogP contribution is 2.24. The molecular formula is C13H12N4OS. The van der Waals surface area contributed by atoms with E-state index in [9.17, 15) is 0 Å². The Bertz CT molecular complexity index is 796. The van der Waals surface area contributed by atoms with Gasteiger partial charge in [-0.25, -0.2) is 0 Å². The van der Waals surface area contributed by atoms with Crippen LogP contribution in [0.1, 0.15) is 18.2 Å². The number of rotatable bonds is 3. The van der Waals surface area contributed by atoms with Gasteiger partial charge in [0, 0.05) is 17.4 Å². The summed E-state index contributed by atoms with van der Waals surface area (Å²) in [5.41, 5.74) is 1.86. The summed E-state index contributed by atoms with van der Waals surface area (Å²) in [7, 11) is 0. The lowest BCUT2D eigenvalue weighted by Crippen LogP contribution is -1.91. The van der Waals surface area contributed by atoms with Crippen LogP contribution in [0, 0.1) is 4.77 Å². The van der Waals surface area contributed by atoms with E-state index in [2.05, 4.69) is 22.2 Å². The molecule has 3 rings (SSSR count). The lowest BCUT2D eigenvalue weighted by atomic mass is 10.1. The second-order valence-corrected chi connectivity index (χ2v) is 4.43. The summed E-state index contributed by atoms with van der Waals surface area (Å²) in [5.74, 6) is 0.917. The van der Waals surface area contributed by atoms with Gasteiger partial charge in [0.1, 0.15) is 17.7 Å². The second kappa shape index (κ2) is 4.81. The average Bonchev–Trinajstić information content (AvgIpc) is 2.99. The first-order valence-corrected chi connectivity index (χ1v) is 6.37. The molecule has 0 aliphatic rings. The smallest absolute Gasteiger partial charge is 0.216 e. The summed E-state index contributed by atoms with van der Waals surface area (Å²) in [4.78, 5) is 0. The van der Waals surface area contributed by atoms with Gasteiger partial charge in [0.2, 0.25) is 4.77 Å². The number of benzene rings is 1. The fraction of sp³-hybridized carbons (Fsp3) is 0.154. The van der Waals surface area contributed by atoms with Gasteiger partial charge in [0.05, 0.1) is 6.21 Å². The van der Waals surface area contributed by atoms with Gasteiger partial charge in [0.25, 0.3) is 0 Å². The molecule has 3 aromatic rings. The lowest BCUT2D eigenvalue weighted by Gasteiger charge is -1.93. The third-order valence-corrected chi connectivity index (χ3v) is 3.16. The van der Waals surface area contributed by atoms with Crippen LogP contribution in [0.2, 0.25) is 0 Å². The molecule has 0 saturated carbocycles. The number of H-pyrrole nitrogens is 1. The maximum atomic E-state index is 5.80. The molecule has 1 N–H and O–H groups in total. The molecule has 0 amide bonds. The van der Waals surface area contributed by atoms with Gasteiger partial charge in [-0.15, -0.1) is 0 Å². The SMILES string of the molecule is CCc1oc2ccccc2c1/C=N\n1cn[nH]c1=S. The molecule has 5 nitrogen and oxygen atoms in total. The quantitative estimate of drug-likeness (QED) is 0.588. The first-order valence-electron chi connectivity index (χ1n) is 5.96. The highest BCUT2D eigenvalue weighted by Gasteiger charge is 2.10. The summed E-state index contributed by atoms with van der Waals surface area (Å²) in [6.45, 7) is 2.05. The Morgan fingerprint density at radius 3 is 3.05 bits per heavy atom. The van der Waals surface area contributed by atoms with Crippen molar-refractivity contribution in [3.05, 3.63) is 46.7 Å². The van der Waals surface area contributed by atoms with Crippen LogP contribution in [-0.2, 0) is 6.42 Å². The van der Waals surface area contributed by atoms with E-state index < -0.39 is 0 Å². The minimum Gasteiger partial charge on any atom is -0.460 e. The monoisotopic (exact) mass is 272 g/mol. The van der Waals surface area contributed by atoms with Gasteiger partial charge in [-0.2, -0.15) is 14.9 Å². The summed E-state index contributed by atoms with van der Waals surface area (Å²) >= 11 is 5.04. The zero-order valence-corrected chi connectivity index (χ0v) is 11.1. The maximum absolute atomic E-state index is 5.80. The van der Waals surface area contributed by atoms with E-state index in [0.29, 0.717) is 4.77 Å². The molecule has 0 atom stereocenters. The normalized spacial score (nSPS) is 11.6. The van der Waals surface area contributed by atoms with E-state index >= 15 is 0 Å². The largest absolute Gasteiger partial charge is 0.460 e. The topological polar surface area (TPSA) is 59.1 Å². The first-order chi connectivity index (χ1) is 9.29. The van der Waals surface area contributed by atoms with Crippen LogP contribution in [0.3, 0.4) is 0 Å². The predicted molar refractivity (Wildman–Crippen MR) is 76.0 cm³/mol. The van der Waals surface area contributed by atoms with E-state index in [-0.39, 0.29) is 0 Å². The van der Waals surface area contributed by atoms with Crippen molar-refractivity contribution in [3.63, 3.8) is 0 Å². The van der Waals surface area contributed by atoms with Crippen molar-refractivity contribution >= 4 is 29.4 Å². The molecule has 0 aliphatic heterocycles. The number of fused-ring (bicyclic) bond motifs is 1. The van der Waals surface area contributed by atoms with Crippen LogP contribution in [0.4, 0.5) is 0 Å². The van der Waals surface area contributed by atoms with Crippen molar-refractivity contribution in [1.82, 2.24) is 14.9 Å². The summed E-state index contributed by atoms with van der Waals surface area (Å²) in [5, 5.41) is 11.8. The van der Waals surface area contributed by atoms with Crippen molar-refractivity contribution in [2.75, 3.05) is 0 Å². The number of nitrogens with one attached hydrogen (secondary N) is 1. The third-order valence-electron chi connectivity index (χ3n) is 2.88. The van der Waals surface area contributed by atoms with Gasteiger partial charge < -0.3 is 4.42 Å². The van der Waals surface area contributed by atoms with E-state index in [1.807, 2.05) is 24.3 Å². The number of hydrogen-bond donors (Lipinski definition) is 1. The Kier molecular flexibility index (Phi) is 3.00. The Labute approximate surface area is 114 Å². The van der Waals surface area contributed by atoms with Crippen LogP contribution >= 0.6 is 12.2 Å². The van der Waals surface area contributed by atoms with Crippen molar-refractivity contribution in [2.24, 2.45) is 5.10 Å². The number of aromatic nitrogens is 3. The van der Waals surface area contributed by atoms with Gasteiger partial charge in [-0.3, -0.25) is 5.10 Å². The molecule has 19 heavy (non-hydrogen) atoms. The summed E-state index contributed by atoms with van der Waals surface area (Å²) < 4.78 is 7.77. The van der Waals surface area contributed by atoms with Crippen LogP contribution in [0.5, 0.6) is 0 Å². The molecule has 0 saturated heterocycles. The Morgan fingerprint density at radius 1 is 1.47 bits per heavy atom. The Hall–Kier alpha value is -2.21. The van der Waals surface area contributed by atoms with Crippen LogP contribution in [0.25, 0.3) is 11.0 Å². The zero-order valence-electron chi connectivity index (χ0n) is 10.3. The van der Waals surface area contributed by atoms with Gasteiger partial charge in [-0.1, -0.05) is 25.1 Å². The van der Waals surface area contributed by atoms with Crippen molar-refractivity contribution < 1.29 is 4.42 Å². The molecule has 0 aliphatic carbocycles. The standard InChI is InChI=1S/C13H12N4OS/c1-2-11-10(7-15-17-8-14-16-13(17)19)9-5-3-4-6-12(9)18-11/h3-8H,2H2,1H3,(H,16,19)/b15-7-. The number of aromatic amines is 1.